The van der Waals surface area contributed by atoms with Gasteiger partial charge in [-0.3, -0.25) is 4.79 Å². The molecule has 0 aliphatic rings. The highest BCUT2D eigenvalue weighted by atomic mass is 16.5. The zero-order chi connectivity index (χ0) is 19.6. The van der Waals surface area contributed by atoms with Crippen molar-refractivity contribution in [1.82, 2.24) is 5.43 Å². The minimum absolute atomic E-state index is 0.0980. The van der Waals surface area contributed by atoms with Gasteiger partial charge in [0.15, 0.2) is 6.61 Å². The summed E-state index contributed by atoms with van der Waals surface area (Å²) in [5.74, 6) is 1.10. The standard InChI is InChI=1S/C22H28N2O3/c1-5-6-11-26-19-7-9-20(10-8-19)27-15-22(25)24-23-14-21-17(3)12-16(2)13-18(21)4/h7-10,12-14H,5-6,11,15H2,1-4H3,(H,24,25)/b23-14-. The van der Waals surface area contributed by atoms with Crippen molar-refractivity contribution >= 4 is 12.1 Å². The van der Waals surface area contributed by atoms with E-state index in [2.05, 4.69) is 36.5 Å². The topological polar surface area (TPSA) is 59.9 Å². The Labute approximate surface area is 161 Å². The molecule has 0 aliphatic carbocycles. The van der Waals surface area contributed by atoms with Crippen LogP contribution in [-0.2, 0) is 4.79 Å². The summed E-state index contributed by atoms with van der Waals surface area (Å²) in [6.07, 6.45) is 3.80. The highest BCUT2D eigenvalue weighted by Crippen LogP contribution is 2.18. The monoisotopic (exact) mass is 368 g/mol. The van der Waals surface area contributed by atoms with Crippen LogP contribution in [0.4, 0.5) is 0 Å². The number of carbonyl (C=O) groups excluding carboxylic acids is 1. The number of amides is 1. The van der Waals surface area contributed by atoms with Gasteiger partial charge in [-0.1, -0.05) is 31.0 Å². The van der Waals surface area contributed by atoms with Gasteiger partial charge in [-0.2, -0.15) is 5.10 Å². The van der Waals surface area contributed by atoms with Crippen LogP contribution in [0.25, 0.3) is 0 Å². The molecule has 0 saturated heterocycles. The maximum atomic E-state index is 11.9. The van der Waals surface area contributed by atoms with Crippen molar-refractivity contribution in [2.45, 2.75) is 40.5 Å². The molecule has 2 aromatic rings. The first-order valence-corrected chi connectivity index (χ1v) is 9.25. The van der Waals surface area contributed by atoms with Gasteiger partial charge in [0.2, 0.25) is 0 Å². The van der Waals surface area contributed by atoms with Crippen molar-refractivity contribution in [1.29, 1.82) is 0 Å². The normalized spacial score (nSPS) is 10.8. The molecule has 2 rings (SSSR count). The Morgan fingerprint density at radius 1 is 1.04 bits per heavy atom. The van der Waals surface area contributed by atoms with Gasteiger partial charge in [0.25, 0.3) is 5.91 Å². The summed E-state index contributed by atoms with van der Waals surface area (Å²) in [5, 5.41) is 4.04. The Morgan fingerprint density at radius 3 is 2.22 bits per heavy atom. The van der Waals surface area contributed by atoms with Crippen molar-refractivity contribution in [3.05, 3.63) is 58.7 Å². The molecular formula is C22H28N2O3. The Balaban J connectivity index is 1.79. The van der Waals surface area contributed by atoms with Crippen LogP contribution in [0, 0.1) is 20.8 Å². The van der Waals surface area contributed by atoms with Crippen LogP contribution in [-0.4, -0.2) is 25.3 Å². The fourth-order valence-electron chi connectivity index (χ4n) is 2.71. The molecule has 0 aliphatic heterocycles. The van der Waals surface area contributed by atoms with E-state index in [1.807, 2.05) is 26.0 Å². The van der Waals surface area contributed by atoms with Crippen LogP contribution < -0.4 is 14.9 Å². The van der Waals surface area contributed by atoms with E-state index >= 15 is 0 Å². The van der Waals surface area contributed by atoms with Crippen LogP contribution >= 0.6 is 0 Å². The molecule has 0 atom stereocenters. The van der Waals surface area contributed by atoms with Crippen molar-refractivity contribution in [3.8, 4) is 11.5 Å². The second kappa shape index (κ2) is 10.4. The van der Waals surface area contributed by atoms with Gasteiger partial charge in [-0.15, -0.1) is 0 Å². The second-order valence-corrected chi connectivity index (χ2v) is 6.57. The van der Waals surface area contributed by atoms with E-state index < -0.39 is 0 Å². The lowest BCUT2D eigenvalue weighted by atomic mass is 10.0. The molecule has 0 aromatic heterocycles. The van der Waals surface area contributed by atoms with Gasteiger partial charge >= 0.3 is 0 Å². The molecule has 0 saturated carbocycles. The van der Waals surface area contributed by atoms with Gasteiger partial charge < -0.3 is 9.47 Å². The molecule has 5 nitrogen and oxygen atoms in total. The number of hydrogen-bond donors (Lipinski definition) is 1. The van der Waals surface area contributed by atoms with E-state index in [1.165, 1.54) is 5.56 Å². The lowest BCUT2D eigenvalue weighted by Crippen LogP contribution is -2.24. The van der Waals surface area contributed by atoms with Gasteiger partial charge in [0, 0.05) is 5.56 Å². The molecule has 1 N–H and O–H groups in total. The summed E-state index contributed by atoms with van der Waals surface area (Å²) in [5.41, 5.74) is 6.98. The van der Waals surface area contributed by atoms with Crippen LogP contribution in [0.5, 0.6) is 11.5 Å². The number of hydrogen-bond acceptors (Lipinski definition) is 4. The third kappa shape index (κ3) is 6.77. The first-order valence-electron chi connectivity index (χ1n) is 9.25. The average molecular weight is 368 g/mol. The zero-order valence-corrected chi connectivity index (χ0v) is 16.5. The summed E-state index contributed by atoms with van der Waals surface area (Å²) in [6.45, 7) is 8.85. The van der Waals surface area contributed by atoms with E-state index in [4.69, 9.17) is 9.47 Å². The third-order valence-corrected chi connectivity index (χ3v) is 4.08. The maximum absolute atomic E-state index is 11.9. The number of unbranched alkanes of at least 4 members (excludes halogenated alkanes) is 1. The molecule has 0 unspecified atom stereocenters. The van der Waals surface area contributed by atoms with Crippen LogP contribution in [0.1, 0.15) is 42.0 Å². The lowest BCUT2D eigenvalue weighted by molar-refractivity contribution is -0.123. The Hall–Kier alpha value is -2.82. The van der Waals surface area contributed by atoms with Gasteiger partial charge in [0.1, 0.15) is 11.5 Å². The molecule has 1 amide bonds. The number of nitrogens with one attached hydrogen (secondary N) is 1. The number of benzene rings is 2. The second-order valence-electron chi connectivity index (χ2n) is 6.57. The van der Waals surface area contributed by atoms with E-state index in [9.17, 15) is 4.79 Å². The van der Waals surface area contributed by atoms with Crippen LogP contribution in [0.2, 0.25) is 0 Å². The third-order valence-electron chi connectivity index (χ3n) is 4.08. The average Bonchev–Trinajstić information content (AvgIpc) is 2.63. The SMILES string of the molecule is CCCCOc1ccc(OCC(=O)N/N=C\c2c(C)cc(C)cc2C)cc1. The van der Waals surface area contributed by atoms with E-state index in [-0.39, 0.29) is 12.5 Å². The van der Waals surface area contributed by atoms with Crippen molar-refractivity contribution in [3.63, 3.8) is 0 Å². The molecule has 5 heteroatoms. The fraction of sp³-hybridized carbons (Fsp3) is 0.364. The summed E-state index contributed by atoms with van der Waals surface area (Å²) < 4.78 is 11.1. The van der Waals surface area contributed by atoms with Gasteiger partial charge in [0.05, 0.1) is 12.8 Å². The Kier molecular flexibility index (Phi) is 7.86. The molecule has 144 valence electrons. The largest absolute Gasteiger partial charge is 0.494 e. The van der Waals surface area contributed by atoms with Crippen molar-refractivity contribution in [2.24, 2.45) is 5.10 Å². The summed E-state index contributed by atoms with van der Waals surface area (Å²) in [7, 11) is 0. The van der Waals surface area contributed by atoms with Gasteiger partial charge in [-0.05, 0) is 62.6 Å². The molecule has 27 heavy (non-hydrogen) atoms. The number of hydrazone groups is 1. The Bertz CT molecular complexity index is 760. The number of aryl methyl sites for hydroxylation is 3. The molecule has 0 fully saturated rings. The van der Waals surface area contributed by atoms with E-state index in [1.54, 1.807) is 18.3 Å². The number of ether oxygens (including phenoxy) is 2. The van der Waals surface area contributed by atoms with Gasteiger partial charge in [-0.25, -0.2) is 5.43 Å². The number of carbonyl (C=O) groups is 1. The molecule has 0 radical (unpaired) electrons. The molecular weight excluding hydrogens is 340 g/mol. The highest BCUT2D eigenvalue weighted by Gasteiger charge is 2.04. The Morgan fingerprint density at radius 2 is 1.63 bits per heavy atom. The molecule has 0 heterocycles. The highest BCUT2D eigenvalue weighted by molar-refractivity contribution is 5.85. The predicted octanol–water partition coefficient (Wildman–Crippen LogP) is 4.32. The first-order chi connectivity index (χ1) is 13.0. The molecule has 2 aromatic carbocycles. The van der Waals surface area contributed by atoms with Crippen molar-refractivity contribution in [2.75, 3.05) is 13.2 Å². The number of rotatable bonds is 9. The van der Waals surface area contributed by atoms with E-state index in [0.717, 1.165) is 35.3 Å². The first kappa shape index (κ1) is 20.5. The minimum atomic E-state index is -0.308. The lowest BCUT2D eigenvalue weighted by Gasteiger charge is -2.08. The quantitative estimate of drug-likeness (QED) is 0.407. The maximum Gasteiger partial charge on any atom is 0.277 e. The summed E-state index contributed by atoms with van der Waals surface area (Å²) >= 11 is 0. The zero-order valence-electron chi connectivity index (χ0n) is 16.5. The summed E-state index contributed by atoms with van der Waals surface area (Å²) in [6, 6.07) is 11.4. The smallest absolute Gasteiger partial charge is 0.277 e. The van der Waals surface area contributed by atoms with Crippen LogP contribution in [0.3, 0.4) is 0 Å². The fourth-order valence-corrected chi connectivity index (χ4v) is 2.71. The predicted molar refractivity (Wildman–Crippen MR) is 109 cm³/mol. The number of nitrogens with zero attached hydrogens (tertiary/aromatic N) is 1. The summed E-state index contributed by atoms with van der Waals surface area (Å²) in [4.78, 5) is 11.9. The van der Waals surface area contributed by atoms with Crippen LogP contribution in [0.15, 0.2) is 41.5 Å². The molecule has 0 bridgehead atoms. The van der Waals surface area contributed by atoms with Crippen molar-refractivity contribution < 1.29 is 14.3 Å². The van der Waals surface area contributed by atoms with E-state index in [0.29, 0.717) is 12.4 Å². The molecule has 0 spiro atoms. The minimum Gasteiger partial charge on any atom is -0.494 e.